The summed E-state index contributed by atoms with van der Waals surface area (Å²) in [5.41, 5.74) is 0.383. The molecule has 0 aromatic heterocycles. The van der Waals surface area contributed by atoms with E-state index >= 15 is 0 Å². The minimum absolute atomic E-state index is 0.243. The van der Waals surface area contributed by atoms with E-state index in [2.05, 4.69) is 26.0 Å². The second-order valence-corrected chi connectivity index (χ2v) is 4.94. The molecule has 0 heterocycles. The average molecular weight is 164 g/mol. The number of hydrogen-bond donors (Lipinski definition) is 0. The van der Waals surface area contributed by atoms with Crippen LogP contribution < -0.4 is 0 Å². The highest BCUT2D eigenvalue weighted by Gasteiger charge is 2.40. The smallest absolute Gasteiger partial charge is 0.143 e. The Balaban J connectivity index is 2.26. The van der Waals surface area contributed by atoms with Crippen LogP contribution in [0.2, 0.25) is 0 Å². The van der Waals surface area contributed by atoms with Crippen molar-refractivity contribution in [3.63, 3.8) is 0 Å². The van der Waals surface area contributed by atoms with Crippen molar-refractivity contribution in [2.24, 2.45) is 17.3 Å². The minimum Gasteiger partial charge on any atom is -0.299 e. The van der Waals surface area contributed by atoms with E-state index in [-0.39, 0.29) is 5.92 Å². The molecule has 66 valence electrons. The second kappa shape index (κ2) is 2.45. The number of rotatable bonds is 0. The fourth-order valence-electron chi connectivity index (χ4n) is 2.62. The highest BCUT2D eigenvalue weighted by Crippen LogP contribution is 2.43. The van der Waals surface area contributed by atoms with E-state index in [1.807, 2.05) is 0 Å². The van der Waals surface area contributed by atoms with Gasteiger partial charge in [0.1, 0.15) is 5.78 Å². The molecular weight excluding hydrogens is 148 g/mol. The van der Waals surface area contributed by atoms with Gasteiger partial charge in [0.25, 0.3) is 0 Å². The number of Topliss-reactive ketones (excluding diaryl/α,β-unsaturated/α-hetero) is 1. The van der Waals surface area contributed by atoms with Gasteiger partial charge in [-0.15, -0.1) is 0 Å². The van der Waals surface area contributed by atoms with E-state index in [1.165, 1.54) is 0 Å². The van der Waals surface area contributed by atoms with Crippen LogP contribution in [0.4, 0.5) is 0 Å². The van der Waals surface area contributed by atoms with Gasteiger partial charge in [0.2, 0.25) is 0 Å². The van der Waals surface area contributed by atoms with Crippen LogP contribution in [0, 0.1) is 17.3 Å². The van der Waals surface area contributed by atoms with Crippen LogP contribution in [0.3, 0.4) is 0 Å². The summed E-state index contributed by atoms with van der Waals surface area (Å²) in [5.74, 6) is 1.08. The SMILES string of the molecule is CC1(C)C[C@@H]2CC=C[C@H](C1)C2=O. The molecular formula is C11H16O. The molecule has 0 aromatic rings. The maximum Gasteiger partial charge on any atom is 0.143 e. The fraction of sp³-hybridized carbons (Fsp3) is 0.727. The molecule has 0 radical (unpaired) electrons. The van der Waals surface area contributed by atoms with Gasteiger partial charge in [-0.2, -0.15) is 0 Å². The summed E-state index contributed by atoms with van der Waals surface area (Å²) in [4.78, 5) is 11.6. The Morgan fingerprint density at radius 3 is 2.83 bits per heavy atom. The van der Waals surface area contributed by atoms with E-state index < -0.39 is 0 Å². The Morgan fingerprint density at radius 1 is 1.42 bits per heavy atom. The molecule has 1 fully saturated rings. The van der Waals surface area contributed by atoms with Crippen molar-refractivity contribution >= 4 is 5.78 Å². The normalized spacial score (nSPS) is 38.3. The second-order valence-electron chi connectivity index (χ2n) is 4.94. The summed E-state index contributed by atoms with van der Waals surface area (Å²) >= 11 is 0. The van der Waals surface area contributed by atoms with Crippen molar-refractivity contribution < 1.29 is 4.79 Å². The van der Waals surface area contributed by atoms with Crippen LogP contribution in [-0.2, 0) is 4.79 Å². The van der Waals surface area contributed by atoms with Gasteiger partial charge in [-0.25, -0.2) is 0 Å². The van der Waals surface area contributed by atoms with Crippen LogP contribution >= 0.6 is 0 Å². The summed E-state index contributed by atoms with van der Waals surface area (Å²) in [7, 11) is 0. The molecule has 0 amide bonds. The summed E-state index contributed by atoms with van der Waals surface area (Å²) in [6, 6.07) is 0. The monoisotopic (exact) mass is 164 g/mol. The van der Waals surface area contributed by atoms with Crippen molar-refractivity contribution in [2.75, 3.05) is 0 Å². The third kappa shape index (κ3) is 1.21. The molecule has 2 aliphatic carbocycles. The summed E-state index contributed by atoms with van der Waals surface area (Å²) < 4.78 is 0. The predicted octanol–water partition coefficient (Wildman–Crippen LogP) is 2.57. The van der Waals surface area contributed by atoms with E-state index in [4.69, 9.17) is 0 Å². The van der Waals surface area contributed by atoms with Crippen molar-refractivity contribution in [1.29, 1.82) is 0 Å². The third-order valence-corrected chi connectivity index (χ3v) is 3.13. The molecule has 2 aliphatic rings. The molecule has 0 saturated heterocycles. The molecule has 0 aromatic carbocycles. The van der Waals surface area contributed by atoms with E-state index in [0.717, 1.165) is 19.3 Å². The first-order valence-corrected chi connectivity index (χ1v) is 4.79. The van der Waals surface area contributed by atoms with E-state index in [1.54, 1.807) is 0 Å². The predicted molar refractivity (Wildman–Crippen MR) is 48.8 cm³/mol. The van der Waals surface area contributed by atoms with Crippen LogP contribution in [0.1, 0.15) is 33.1 Å². The van der Waals surface area contributed by atoms with Crippen LogP contribution in [-0.4, -0.2) is 5.78 Å². The molecule has 1 heteroatoms. The zero-order chi connectivity index (χ0) is 8.77. The quantitative estimate of drug-likeness (QED) is 0.503. The fourth-order valence-corrected chi connectivity index (χ4v) is 2.62. The van der Waals surface area contributed by atoms with Crippen molar-refractivity contribution in [3.05, 3.63) is 12.2 Å². The van der Waals surface area contributed by atoms with Crippen LogP contribution in [0.25, 0.3) is 0 Å². The average Bonchev–Trinajstić information content (AvgIpc) is 1.92. The molecule has 0 aliphatic heterocycles. The van der Waals surface area contributed by atoms with Crippen LogP contribution in [0.15, 0.2) is 12.2 Å². The topological polar surface area (TPSA) is 17.1 Å². The largest absolute Gasteiger partial charge is 0.299 e. The molecule has 2 rings (SSSR count). The van der Waals surface area contributed by atoms with Gasteiger partial charge < -0.3 is 0 Å². The highest BCUT2D eigenvalue weighted by molar-refractivity contribution is 5.87. The van der Waals surface area contributed by atoms with Gasteiger partial charge >= 0.3 is 0 Å². The van der Waals surface area contributed by atoms with Crippen LogP contribution in [0.5, 0.6) is 0 Å². The lowest BCUT2D eigenvalue weighted by molar-refractivity contribution is -0.130. The maximum absolute atomic E-state index is 11.6. The minimum atomic E-state index is 0.243. The maximum atomic E-state index is 11.6. The lowest BCUT2D eigenvalue weighted by atomic mass is 9.64. The van der Waals surface area contributed by atoms with Gasteiger partial charge in [-0.3, -0.25) is 4.79 Å². The lowest BCUT2D eigenvalue weighted by Crippen LogP contribution is -2.38. The standard InChI is InChI=1S/C11H16O/c1-11(2)6-8-4-3-5-9(7-11)10(8)12/h3-4,8-9H,5-7H2,1-2H3/t8-,9+/m1/s1. The van der Waals surface area contributed by atoms with Crippen molar-refractivity contribution in [1.82, 2.24) is 0 Å². The van der Waals surface area contributed by atoms with E-state index in [9.17, 15) is 4.79 Å². The Hall–Kier alpha value is -0.590. The Bertz CT molecular complexity index is 237. The Kier molecular flexibility index (Phi) is 1.64. The molecule has 12 heavy (non-hydrogen) atoms. The molecule has 0 spiro atoms. The van der Waals surface area contributed by atoms with E-state index in [0.29, 0.717) is 17.1 Å². The number of allylic oxidation sites excluding steroid dienone is 2. The molecule has 1 saturated carbocycles. The lowest BCUT2D eigenvalue weighted by Gasteiger charge is -2.39. The van der Waals surface area contributed by atoms with Gasteiger partial charge in [0, 0.05) is 11.8 Å². The first kappa shape index (κ1) is 8.03. The number of hydrogen-bond acceptors (Lipinski definition) is 1. The number of carbonyl (C=O) groups excluding carboxylic acids is 1. The Morgan fingerprint density at radius 2 is 2.17 bits per heavy atom. The van der Waals surface area contributed by atoms with Gasteiger partial charge in [-0.1, -0.05) is 26.0 Å². The molecule has 2 bridgehead atoms. The first-order chi connectivity index (χ1) is 5.58. The molecule has 2 atom stereocenters. The zero-order valence-corrected chi connectivity index (χ0v) is 7.84. The van der Waals surface area contributed by atoms with Gasteiger partial charge in [0.15, 0.2) is 0 Å². The van der Waals surface area contributed by atoms with Gasteiger partial charge in [0.05, 0.1) is 0 Å². The Labute approximate surface area is 73.8 Å². The number of ketones is 1. The third-order valence-electron chi connectivity index (χ3n) is 3.13. The number of carbonyl (C=O) groups is 1. The van der Waals surface area contributed by atoms with Crippen molar-refractivity contribution in [2.45, 2.75) is 33.1 Å². The summed E-state index contributed by atoms with van der Waals surface area (Å²) in [5, 5.41) is 0. The molecule has 1 nitrogen and oxygen atoms in total. The zero-order valence-electron chi connectivity index (χ0n) is 7.84. The summed E-state index contributed by atoms with van der Waals surface area (Å²) in [6.45, 7) is 4.55. The first-order valence-electron chi connectivity index (χ1n) is 4.79. The van der Waals surface area contributed by atoms with Gasteiger partial charge in [-0.05, 0) is 24.7 Å². The summed E-state index contributed by atoms with van der Waals surface area (Å²) in [6.07, 6.45) is 7.43. The highest BCUT2D eigenvalue weighted by atomic mass is 16.1. The van der Waals surface area contributed by atoms with Crippen molar-refractivity contribution in [3.8, 4) is 0 Å². The number of fused-ring (bicyclic) bond motifs is 2. The molecule has 0 N–H and O–H groups in total. The molecule has 0 unspecified atom stereocenters.